The zero-order chi connectivity index (χ0) is 24.5. The van der Waals surface area contributed by atoms with Gasteiger partial charge in [0.2, 0.25) is 0 Å². The number of carboxylic acid groups (broad SMARTS) is 1. The van der Waals surface area contributed by atoms with Crippen molar-refractivity contribution in [1.82, 2.24) is 0 Å². The molecule has 0 aliphatic carbocycles. The number of fused-ring (bicyclic) bond motifs is 1. The average Bonchev–Trinajstić information content (AvgIpc) is 3.44. The molecule has 0 atom stereocenters. The lowest BCUT2D eigenvalue weighted by atomic mass is 10.0. The van der Waals surface area contributed by atoms with Gasteiger partial charge in [0.15, 0.2) is 5.71 Å². The average molecular weight is 481 g/mol. The predicted molar refractivity (Wildman–Crippen MR) is 133 cm³/mol. The molecule has 170 valence electrons. The lowest BCUT2D eigenvalue weighted by Gasteiger charge is -2.15. The summed E-state index contributed by atoms with van der Waals surface area (Å²) in [4.78, 5) is 26.6. The van der Waals surface area contributed by atoms with E-state index in [0.29, 0.717) is 32.9 Å². The molecule has 0 saturated carbocycles. The highest BCUT2D eigenvalue weighted by molar-refractivity contribution is 7.11. The van der Waals surface area contributed by atoms with Gasteiger partial charge in [0.25, 0.3) is 5.91 Å². The molecule has 9 heteroatoms. The molecule has 4 aromatic rings. The highest BCUT2D eigenvalue weighted by Gasteiger charge is 2.36. The number of nitriles is 1. The van der Waals surface area contributed by atoms with Gasteiger partial charge in [0.1, 0.15) is 16.7 Å². The number of anilines is 3. The summed E-state index contributed by atoms with van der Waals surface area (Å²) in [6.45, 7) is 0. The predicted octanol–water partition coefficient (Wildman–Crippen LogP) is 5.19. The van der Waals surface area contributed by atoms with Gasteiger partial charge in [0, 0.05) is 11.1 Å². The van der Waals surface area contributed by atoms with Crippen molar-refractivity contribution < 1.29 is 19.8 Å². The summed E-state index contributed by atoms with van der Waals surface area (Å²) in [5.74, 6) is -1.61. The Bertz CT molecular complexity index is 1570. The van der Waals surface area contributed by atoms with E-state index in [4.69, 9.17) is 0 Å². The van der Waals surface area contributed by atoms with Gasteiger partial charge in [0.05, 0.1) is 22.6 Å². The van der Waals surface area contributed by atoms with Gasteiger partial charge in [-0.15, -0.1) is 11.3 Å². The molecular weight excluding hydrogens is 464 g/mol. The largest absolute Gasteiger partial charge is 0.505 e. The first-order valence-electron chi connectivity index (χ1n) is 10.4. The summed E-state index contributed by atoms with van der Waals surface area (Å²) < 4.78 is 0. The number of benzene rings is 3. The van der Waals surface area contributed by atoms with E-state index in [0.717, 1.165) is 0 Å². The van der Waals surface area contributed by atoms with Gasteiger partial charge < -0.3 is 10.2 Å². The van der Waals surface area contributed by atoms with Crippen molar-refractivity contribution in [3.05, 3.63) is 94.2 Å². The molecule has 1 amide bonds. The summed E-state index contributed by atoms with van der Waals surface area (Å²) in [5.41, 5.74) is 5.87. The third-order valence-corrected chi connectivity index (χ3v) is 6.35. The molecule has 0 radical (unpaired) electrons. The number of hydrogen-bond donors (Lipinski definition) is 3. The number of phenolic OH excluding ortho intramolecular Hbond substituents is 1. The minimum atomic E-state index is -1.07. The van der Waals surface area contributed by atoms with Crippen molar-refractivity contribution in [1.29, 1.82) is 5.26 Å². The van der Waals surface area contributed by atoms with E-state index in [1.807, 2.05) is 0 Å². The maximum absolute atomic E-state index is 13.4. The SMILES string of the molecule is N#Cc1sccc1N1C(=O)/C(=N\Nc2cccc(-c3cccc(C(=O)O)c3)c2O)c2ccccc21. The zero-order valence-electron chi connectivity index (χ0n) is 18.0. The minimum Gasteiger partial charge on any atom is -0.505 e. The van der Waals surface area contributed by atoms with Crippen LogP contribution in [0.1, 0.15) is 20.8 Å². The van der Waals surface area contributed by atoms with Crippen LogP contribution >= 0.6 is 11.3 Å². The smallest absolute Gasteiger partial charge is 0.335 e. The Morgan fingerprint density at radius 1 is 1.00 bits per heavy atom. The number of aromatic carboxylic acids is 1. The molecule has 3 N–H and O–H groups in total. The van der Waals surface area contributed by atoms with Gasteiger partial charge in [-0.3, -0.25) is 15.1 Å². The Labute approximate surface area is 203 Å². The van der Waals surface area contributed by atoms with Crippen molar-refractivity contribution in [3.63, 3.8) is 0 Å². The number of para-hydroxylation sites is 2. The number of nitrogens with zero attached hydrogens (tertiary/aromatic N) is 3. The summed E-state index contributed by atoms with van der Waals surface area (Å²) in [6.07, 6.45) is 0. The Morgan fingerprint density at radius 3 is 2.57 bits per heavy atom. The van der Waals surface area contributed by atoms with Crippen LogP contribution in [0.5, 0.6) is 5.75 Å². The van der Waals surface area contributed by atoms with Crippen LogP contribution in [0.4, 0.5) is 17.1 Å². The first-order valence-corrected chi connectivity index (χ1v) is 11.3. The van der Waals surface area contributed by atoms with Gasteiger partial charge in [-0.05, 0) is 41.3 Å². The van der Waals surface area contributed by atoms with E-state index in [-0.39, 0.29) is 22.7 Å². The Hall–Kier alpha value is -4.94. The summed E-state index contributed by atoms with van der Waals surface area (Å²) >= 11 is 1.25. The number of phenols is 1. The second-order valence-electron chi connectivity index (χ2n) is 7.56. The summed E-state index contributed by atoms with van der Waals surface area (Å²) in [7, 11) is 0. The number of carboxylic acids is 1. The van der Waals surface area contributed by atoms with Crippen LogP contribution in [0.25, 0.3) is 11.1 Å². The van der Waals surface area contributed by atoms with E-state index in [1.54, 1.807) is 66.0 Å². The second kappa shape index (κ2) is 8.78. The van der Waals surface area contributed by atoms with Crippen molar-refractivity contribution in [3.8, 4) is 22.9 Å². The quantitative estimate of drug-likeness (QED) is 0.267. The number of aromatic hydroxyl groups is 1. The van der Waals surface area contributed by atoms with Gasteiger partial charge >= 0.3 is 5.97 Å². The van der Waals surface area contributed by atoms with Crippen LogP contribution in [0.2, 0.25) is 0 Å². The normalized spacial score (nSPS) is 13.5. The zero-order valence-corrected chi connectivity index (χ0v) is 18.8. The number of hydrazone groups is 1. The Balaban J connectivity index is 1.52. The maximum atomic E-state index is 13.4. The summed E-state index contributed by atoms with van der Waals surface area (Å²) in [6, 6.07) is 22.1. The van der Waals surface area contributed by atoms with Crippen molar-refractivity contribution in [2.45, 2.75) is 0 Å². The van der Waals surface area contributed by atoms with E-state index in [2.05, 4.69) is 16.6 Å². The molecular formula is C26H16N4O4S. The first-order chi connectivity index (χ1) is 17.0. The number of rotatable bonds is 5. The van der Waals surface area contributed by atoms with E-state index >= 15 is 0 Å². The lowest BCUT2D eigenvalue weighted by molar-refractivity contribution is -0.111. The minimum absolute atomic E-state index is 0.0962. The molecule has 0 fully saturated rings. The van der Waals surface area contributed by atoms with Gasteiger partial charge in [-0.25, -0.2) is 4.79 Å². The molecule has 0 saturated heterocycles. The van der Waals surface area contributed by atoms with Gasteiger partial charge in [-0.2, -0.15) is 10.4 Å². The van der Waals surface area contributed by atoms with Crippen LogP contribution in [0, 0.1) is 11.3 Å². The van der Waals surface area contributed by atoms with Crippen molar-refractivity contribution >= 4 is 46.0 Å². The number of carbonyl (C=O) groups is 2. The molecule has 1 aliphatic heterocycles. The molecule has 0 unspecified atom stereocenters. The van der Waals surface area contributed by atoms with Crippen LogP contribution in [0.3, 0.4) is 0 Å². The van der Waals surface area contributed by atoms with Crippen molar-refractivity contribution in [2.75, 3.05) is 10.3 Å². The molecule has 5 rings (SSSR count). The monoisotopic (exact) mass is 480 g/mol. The fourth-order valence-corrected chi connectivity index (χ4v) is 4.58. The number of hydrogen-bond acceptors (Lipinski definition) is 7. The molecule has 1 aliphatic rings. The van der Waals surface area contributed by atoms with E-state index in [1.165, 1.54) is 28.4 Å². The standard InChI is InChI=1S/C26H16N4O4S/c27-14-22-21(11-12-35-22)30-20-10-2-1-7-18(20)23(25(30)32)29-28-19-9-4-8-17(24(19)31)15-5-3-6-16(13-15)26(33)34/h1-13,28,31H,(H,33,34)/b29-23-. The first kappa shape index (κ1) is 21.9. The molecule has 35 heavy (non-hydrogen) atoms. The molecule has 0 spiro atoms. The maximum Gasteiger partial charge on any atom is 0.335 e. The van der Waals surface area contributed by atoms with Crippen LogP contribution < -0.4 is 10.3 Å². The number of nitrogens with one attached hydrogen (secondary N) is 1. The Kier molecular flexibility index (Phi) is 5.49. The molecule has 0 bridgehead atoms. The molecule has 1 aromatic heterocycles. The highest BCUT2D eigenvalue weighted by atomic mass is 32.1. The fourth-order valence-electron chi connectivity index (χ4n) is 3.91. The van der Waals surface area contributed by atoms with Crippen molar-refractivity contribution in [2.24, 2.45) is 5.10 Å². The second-order valence-corrected chi connectivity index (χ2v) is 8.48. The van der Waals surface area contributed by atoms with E-state index < -0.39 is 11.9 Å². The number of carbonyl (C=O) groups excluding carboxylic acids is 1. The highest BCUT2D eigenvalue weighted by Crippen LogP contribution is 2.40. The van der Waals surface area contributed by atoms with Crippen LogP contribution in [0.15, 0.2) is 83.3 Å². The molecule has 8 nitrogen and oxygen atoms in total. The van der Waals surface area contributed by atoms with Gasteiger partial charge in [-0.1, -0.05) is 42.5 Å². The fraction of sp³-hybridized carbons (Fsp3) is 0. The van der Waals surface area contributed by atoms with Crippen LogP contribution in [-0.2, 0) is 4.79 Å². The third-order valence-electron chi connectivity index (χ3n) is 5.54. The number of amides is 1. The number of thiophene rings is 1. The third kappa shape index (κ3) is 3.78. The van der Waals surface area contributed by atoms with Crippen LogP contribution in [-0.4, -0.2) is 27.8 Å². The van der Waals surface area contributed by atoms with E-state index in [9.17, 15) is 25.1 Å². The molecule has 2 heterocycles. The Morgan fingerprint density at radius 2 is 1.77 bits per heavy atom. The lowest BCUT2D eigenvalue weighted by Crippen LogP contribution is -2.26. The summed E-state index contributed by atoms with van der Waals surface area (Å²) in [5, 5.41) is 35.6. The molecule has 3 aromatic carbocycles. The topological polar surface area (TPSA) is 126 Å².